The van der Waals surface area contributed by atoms with Crippen molar-refractivity contribution in [3.8, 4) is 0 Å². The van der Waals surface area contributed by atoms with Crippen LogP contribution in [0.2, 0.25) is 0 Å². The Labute approximate surface area is 157 Å². The largest absolute Gasteiger partial charge is 0.332 e. The maximum absolute atomic E-state index is 13.3. The minimum atomic E-state index is 0.0699. The van der Waals surface area contributed by atoms with Crippen molar-refractivity contribution in [1.29, 1.82) is 0 Å². The van der Waals surface area contributed by atoms with Crippen LogP contribution in [0.1, 0.15) is 35.3 Å². The minimum Gasteiger partial charge on any atom is -0.332 e. The molecule has 0 saturated carbocycles. The van der Waals surface area contributed by atoms with Gasteiger partial charge in [-0.05, 0) is 55.5 Å². The van der Waals surface area contributed by atoms with Gasteiger partial charge >= 0.3 is 0 Å². The van der Waals surface area contributed by atoms with Gasteiger partial charge in [-0.3, -0.25) is 9.78 Å². The van der Waals surface area contributed by atoms with Crippen LogP contribution >= 0.6 is 11.3 Å². The summed E-state index contributed by atoms with van der Waals surface area (Å²) in [5.41, 5.74) is 4.41. The van der Waals surface area contributed by atoms with Gasteiger partial charge < -0.3 is 4.90 Å². The van der Waals surface area contributed by atoms with Gasteiger partial charge in [0.25, 0.3) is 5.91 Å². The van der Waals surface area contributed by atoms with Crippen LogP contribution in [0.5, 0.6) is 0 Å². The summed E-state index contributed by atoms with van der Waals surface area (Å²) in [6, 6.07) is 11.6. The quantitative estimate of drug-likeness (QED) is 0.618. The Balaban J connectivity index is 1.59. The van der Waals surface area contributed by atoms with E-state index in [2.05, 4.69) is 22.1 Å². The maximum Gasteiger partial charge on any atom is 0.254 e. The second-order valence-corrected chi connectivity index (χ2v) is 7.58. The van der Waals surface area contributed by atoms with Gasteiger partial charge in [0.05, 0.1) is 28.0 Å². The summed E-state index contributed by atoms with van der Waals surface area (Å²) >= 11 is 1.57. The fourth-order valence-electron chi connectivity index (χ4n) is 3.41. The van der Waals surface area contributed by atoms with Crippen molar-refractivity contribution >= 4 is 27.5 Å². The molecular formula is C21H21N3OS. The van der Waals surface area contributed by atoms with Gasteiger partial charge in [0, 0.05) is 18.3 Å². The molecule has 1 aliphatic carbocycles. The van der Waals surface area contributed by atoms with E-state index >= 15 is 0 Å². The Kier molecular flexibility index (Phi) is 5.07. The van der Waals surface area contributed by atoms with Gasteiger partial charge in [-0.1, -0.05) is 18.2 Å². The van der Waals surface area contributed by atoms with Crippen molar-refractivity contribution in [3.63, 3.8) is 0 Å². The van der Waals surface area contributed by atoms with Crippen LogP contribution in [0.15, 0.2) is 60.3 Å². The molecule has 0 aliphatic heterocycles. The van der Waals surface area contributed by atoms with E-state index in [0.29, 0.717) is 12.5 Å². The monoisotopic (exact) mass is 363 g/mol. The number of carbonyl (C=O) groups excluding carboxylic acids is 1. The van der Waals surface area contributed by atoms with E-state index < -0.39 is 0 Å². The summed E-state index contributed by atoms with van der Waals surface area (Å²) < 4.78 is 1.05. The smallest absolute Gasteiger partial charge is 0.254 e. The van der Waals surface area contributed by atoms with E-state index in [1.807, 2.05) is 46.8 Å². The van der Waals surface area contributed by atoms with Crippen molar-refractivity contribution in [2.45, 2.75) is 25.8 Å². The fourth-order valence-corrected chi connectivity index (χ4v) is 4.13. The highest BCUT2D eigenvalue weighted by Gasteiger charge is 2.22. The first-order valence-electron chi connectivity index (χ1n) is 8.97. The Morgan fingerprint density at radius 2 is 2.15 bits per heavy atom. The molecule has 0 N–H and O–H groups in total. The van der Waals surface area contributed by atoms with Crippen LogP contribution in [0.25, 0.3) is 10.2 Å². The number of nitrogens with zero attached hydrogens (tertiary/aromatic N) is 3. The molecule has 1 amide bonds. The van der Waals surface area contributed by atoms with Gasteiger partial charge in [0.15, 0.2) is 0 Å². The van der Waals surface area contributed by atoms with Crippen molar-refractivity contribution in [1.82, 2.24) is 14.9 Å². The van der Waals surface area contributed by atoms with E-state index in [1.165, 1.54) is 0 Å². The third-order valence-corrected chi connectivity index (χ3v) is 5.59. The van der Waals surface area contributed by atoms with Gasteiger partial charge in [-0.25, -0.2) is 4.98 Å². The number of aromatic nitrogens is 2. The van der Waals surface area contributed by atoms with Crippen LogP contribution in [-0.2, 0) is 6.54 Å². The number of allylic oxidation sites excluding steroid dienone is 2. The predicted molar refractivity (Wildman–Crippen MR) is 105 cm³/mol. The molecule has 3 aromatic rings. The van der Waals surface area contributed by atoms with Crippen LogP contribution in [0.3, 0.4) is 0 Å². The number of hydrogen-bond donors (Lipinski definition) is 0. The SMILES string of the molecule is O=C(c1ccc2ncsc2c1)N(Cc1ccccn1)C[C@@H]1CC=CCC1. The van der Waals surface area contributed by atoms with Gasteiger partial charge in [0.2, 0.25) is 0 Å². The Morgan fingerprint density at radius 3 is 2.96 bits per heavy atom. The van der Waals surface area contributed by atoms with Gasteiger partial charge in [-0.15, -0.1) is 11.3 Å². The summed E-state index contributed by atoms with van der Waals surface area (Å²) in [6.07, 6.45) is 9.53. The third kappa shape index (κ3) is 3.83. The molecule has 0 bridgehead atoms. The first-order valence-corrected chi connectivity index (χ1v) is 9.85. The van der Waals surface area contributed by atoms with Crippen molar-refractivity contribution in [2.24, 2.45) is 5.92 Å². The number of thiazole rings is 1. The maximum atomic E-state index is 13.3. The highest BCUT2D eigenvalue weighted by molar-refractivity contribution is 7.16. The highest BCUT2D eigenvalue weighted by Crippen LogP contribution is 2.23. The summed E-state index contributed by atoms with van der Waals surface area (Å²) in [6.45, 7) is 1.31. The van der Waals surface area contributed by atoms with Crippen molar-refractivity contribution in [3.05, 3.63) is 71.5 Å². The lowest BCUT2D eigenvalue weighted by molar-refractivity contribution is 0.0708. The first kappa shape index (κ1) is 16.9. The molecule has 1 aliphatic rings. The topological polar surface area (TPSA) is 46.1 Å². The molecule has 0 fully saturated rings. The second kappa shape index (κ2) is 7.79. The first-order chi connectivity index (χ1) is 12.8. The molecule has 0 radical (unpaired) electrons. The predicted octanol–water partition coefficient (Wildman–Crippen LogP) is 4.69. The summed E-state index contributed by atoms with van der Waals surface area (Å²) in [7, 11) is 0. The zero-order chi connectivity index (χ0) is 17.8. The third-order valence-electron chi connectivity index (χ3n) is 4.80. The average Bonchev–Trinajstić information content (AvgIpc) is 3.16. The standard InChI is InChI=1S/C21H21N3OS/c25-21(17-9-10-19-20(12-17)26-15-23-19)24(13-16-6-2-1-3-7-16)14-18-8-4-5-11-22-18/h1-2,4-5,8-12,15-16H,3,6-7,13-14H2/t16-/m1/s1. The Bertz CT molecular complexity index is 919. The lowest BCUT2D eigenvalue weighted by Crippen LogP contribution is -2.35. The molecule has 26 heavy (non-hydrogen) atoms. The van der Waals surface area contributed by atoms with Crippen molar-refractivity contribution in [2.75, 3.05) is 6.54 Å². The second-order valence-electron chi connectivity index (χ2n) is 6.69. The molecule has 1 aromatic carbocycles. The number of pyridine rings is 1. The number of carbonyl (C=O) groups is 1. The molecule has 2 aromatic heterocycles. The minimum absolute atomic E-state index is 0.0699. The molecule has 1 atom stereocenters. The molecule has 4 nitrogen and oxygen atoms in total. The Morgan fingerprint density at radius 1 is 1.19 bits per heavy atom. The van der Waals surface area contributed by atoms with E-state index in [4.69, 9.17) is 0 Å². The van der Waals surface area contributed by atoms with Crippen molar-refractivity contribution < 1.29 is 4.79 Å². The fraction of sp³-hybridized carbons (Fsp3) is 0.286. The van der Waals surface area contributed by atoms with E-state index in [-0.39, 0.29) is 5.91 Å². The molecule has 132 valence electrons. The summed E-state index contributed by atoms with van der Waals surface area (Å²) in [5.74, 6) is 0.584. The van der Waals surface area contributed by atoms with Crippen LogP contribution in [0, 0.1) is 5.92 Å². The van der Waals surface area contributed by atoms with Gasteiger partial charge in [0.1, 0.15) is 0 Å². The van der Waals surface area contributed by atoms with Gasteiger partial charge in [-0.2, -0.15) is 0 Å². The molecule has 0 spiro atoms. The summed E-state index contributed by atoms with van der Waals surface area (Å²) in [5, 5.41) is 0. The Hall–Kier alpha value is -2.53. The van der Waals surface area contributed by atoms with E-state index in [0.717, 1.165) is 47.3 Å². The molecule has 0 unspecified atom stereocenters. The number of hydrogen-bond acceptors (Lipinski definition) is 4. The lowest BCUT2D eigenvalue weighted by atomic mass is 9.93. The zero-order valence-corrected chi connectivity index (χ0v) is 15.4. The number of rotatable bonds is 5. The number of amides is 1. The zero-order valence-electron chi connectivity index (χ0n) is 14.5. The number of benzene rings is 1. The van der Waals surface area contributed by atoms with Crippen LogP contribution < -0.4 is 0 Å². The molecule has 2 heterocycles. The van der Waals surface area contributed by atoms with E-state index in [9.17, 15) is 4.79 Å². The molecular weight excluding hydrogens is 342 g/mol. The summed E-state index contributed by atoms with van der Waals surface area (Å²) in [4.78, 5) is 23.9. The number of fused-ring (bicyclic) bond motifs is 1. The normalized spacial score (nSPS) is 16.7. The van der Waals surface area contributed by atoms with Crippen LogP contribution in [0.4, 0.5) is 0 Å². The average molecular weight is 363 g/mol. The highest BCUT2D eigenvalue weighted by atomic mass is 32.1. The van der Waals surface area contributed by atoms with Crippen LogP contribution in [-0.4, -0.2) is 27.3 Å². The molecule has 4 rings (SSSR count). The molecule has 5 heteroatoms. The molecule has 0 saturated heterocycles. The van der Waals surface area contributed by atoms with E-state index in [1.54, 1.807) is 17.5 Å². The lowest BCUT2D eigenvalue weighted by Gasteiger charge is -2.28.